The molecule has 0 aliphatic rings. The number of rotatable bonds is 11. The molecule has 0 radical (unpaired) electrons. The van der Waals surface area contributed by atoms with E-state index in [0.29, 0.717) is 0 Å². The Morgan fingerprint density at radius 2 is 0.757 bits per heavy atom. The minimum Gasteiger partial charge on any atom is -0.426 e. The van der Waals surface area contributed by atoms with Gasteiger partial charge in [0.1, 0.15) is 28.7 Å². The number of hydrogen-bond acceptors (Lipinski definition) is 10. The molecular formula is C27H30O10. The van der Waals surface area contributed by atoms with Gasteiger partial charge in [-0.1, -0.05) is 34.6 Å². The molecule has 0 saturated heterocycles. The summed E-state index contributed by atoms with van der Waals surface area (Å²) in [5.74, 6) is -2.95. The molecule has 10 heteroatoms. The van der Waals surface area contributed by atoms with E-state index in [9.17, 15) is 24.0 Å². The predicted molar refractivity (Wildman–Crippen MR) is 132 cm³/mol. The zero-order valence-corrected chi connectivity index (χ0v) is 21.5. The lowest BCUT2D eigenvalue weighted by Crippen LogP contribution is -2.12. The van der Waals surface area contributed by atoms with Crippen LogP contribution < -0.4 is 23.7 Å². The van der Waals surface area contributed by atoms with E-state index in [1.54, 1.807) is 34.6 Å². The third-order valence-electron chi connectivity index (χ3n) is 4.79. The van der Waals surface area contributed by atoms with Gasteiger partial charge in [0.15, 0.2) is 0 Å². The van der Waals surface area contributed by atoms with Crippen molar-refractivity contribution in [2.24, 2.45) is 0 Å². The van der Waals surface area contributed by atoms with Crippen molar-refractivity contribution in [3.05, 3.63) is 30.3 Å². The third kappa shape index (κ3) is 8.45. The summed E-state index contributed by atoms with van der Waals surface area (Å²) in [6.45, 7) is 8.02. The first-order valence-electron chi connectivity index (χ1n) is 12.0. The van der Waals surface area contributed by atoms with Crippen LogP contribution in [0, 0.1) is 0 Å². The largest absolute Gasteiger partial charge is 0.426 e. The quantitative estimate of drug-likeness (QED) is 0.300. The van der Waals surface area contributed by atoms with Gasteiger partial charge in [-0.15, -0.1) is 0 Å². The highest BCUT2D eigenvalue weighted by molar-refractivity contribution is 5.87. The van der Waals surface area contributed by atoms with E-state index in [-0.39, 0.29) is 72.0 Å². The van der Waals surface area contributed by atoms with Crippen LogP contribution >= 0.6 is 0 Å². The molecule has 0 heterocycles. The van der Waals surface area contributed by atoms with Gasteiger partial charge in [-0.05, 0) is 17.7 Å². The molecule has 0 aromatic heterocycles. The maximum Gasteiger partial charge on any atom is 0.310 e. The molecular weight excluding hydrogens is 484 g/mol. The maximum atomic E-state index is 12.3. The number of carbonyl (C=O) groups excluding carboxylic acids is 5. The molecule has 0 saturated carbocycles. The smallest absolute Gasteiger partial charge is 0.310 e. The molecule has 10 nitrogen and oxygen atoms in total. The van der Waals surface area contributed by atoms with Gasteiger partial charge in [0.25, 0.3) is 0 Å². The highest BCUT2D eigenvalue weighted by Gasteiger charge is 2.23. The van der Waals surface area contributed by atoms with Crippen molar-refractivity contribution in [2.75, 3.05) is 0 Å². The van der Waals surface area contributed by atoms with Crippen LogP contribution in [0.25, 0.3) is 11.1 Å². The summed E-state index contributed by atoms with van der Waals surface area (Å²) < 4.78 is 27.0. The van der Waals surface area contributed by atoms with Gasteiger partial charge in [0.2, 0.25) is 0 Å². The molecule has 0 spiro atoms. The first kappa shape index (κ1) is 29.0. The van der Waals surface area contributed by atoms with E-state index in [4.69, 9.17) is 23.7 Å². The molecule has 2 rings (SSSR count). The maximum absolute atomic E-state index is 12.3. The second kappa shape index (κ2) is 13.8. The zero-order valence-electron chi connectivity index (χ0n) is 21.5. The normalized spacial score (nSPS) is 10.3. The van der Waals surface area contributed by atoms with Crippen LogP contribution in [0.2, 0.25) is 0 Å². The molecule has 0 aliphatic carbocycles. The second-order valence-electron chi connectivity index (χ2n) is 7.63. The summed E-state index contributed by atoms with van der Waals surface area (Å²) in [4.78, 5) is 60.4. The summed E-state index contributed by atoms with van der Waals surface area (Å²) in [6.07, 6.45) is 0.300. The highest BCUT2D eigenvalue weighted by atomic mass is 16.6. The zero-order chi connectivity index (χ0) is 27.5. The number of benzene rings is 2. The van der Waals surface area contributed by atoms with Crippen LogP contribution in [0.3, 0.4) is 0 Å². The van der Waals surface area contributed by atoms with Gasteiger partial charge in [-0.25, -0.2) is 0 Å². The summed E-state index contributed by atoms with van der Waals surface area (Å²) in [6, 6.07) is 6.86. The summed E-state index contributed by atoms with van der Waals surface area (Å²) >= 11 is 0. The standard InChI is InChI=1S/C27H30O10/c1-6-22(28)33-17-11-16(12-18(13-17)34-23(29)7-2)27-20(36-25(31)9-4)14-19(35-24(30)8-3)15-21(27)37-26(32)10-5/h11-15H,6-10H2,1-5H3. The third-order valence-corrected chi connectivity index (χ3v) is 4.79. The Balaban J connectivity index is 2.84. The Morgan fingerprint density at radius 3 is 1.08 bits per heavy atom. The summed E-state index contributed by atoms with van der Waals surface area (Å²) in [5.41, 5.74) is 0.356. The van der Waals surface area contributed by atoms with E-state index in [1.165, 1.54) is 30.3 Å². The molecule has 37 heavy (non-hydrogen) atoms. The lowest BCUT2D eigenvalue weighted by atomic mass is 10.0. The predicted octanol–water partition coefficient (Wildman–Crippen LogP) is 4.93. The fraction of sp³-hybridized carbons (Fsp3) is 0.370. The van der Waals surface area contributed by atoms with Crippen molar-refractivity contribution >= 4 is 29.8 Å². The lowest BCUT2D eigenvalue weighted by Gasteiger charge is -2.18. The van der Waals surface area contributed by atoms with Crippen LogP contribution in [-0.4, -0.2) is 29.8 Å². The van der Waals surface area contributed by atoms with Gasteiger partial charge in [0.05, 0.1) is 5.56 Å². The topological polar surface area (TPSA) is 132 Å². The van der Waals surface area contributed by atoms with E-state index in [1.807, 2.05) is 0 Å². The first-order valence-corrected chi connectivity index (χ1v) is 12.0. The molecule has 0 bridgehead atoms. The minimum atomic E-state index is -0.612. The van der Waals surface area contributed by atoms with E-state index >= 15 is 0 Å². The van der Waals surface area contributed by atoms with Gasteiger partial charge < -0.3 is 23.7 Å². The van der Waals surface area contributed by atoms with Gasteiger partial charge in [-0.2, -0.15) is 0 Å². The highest BCUT2D eigenvalue weighted by Crippen LogP contribution is 2.45. The SMILES string of the molecule is CCC(=O)Oc1cc(OC(=O)CC)cc(-c2c(OC(=O)CC)cc(OC(=O)CC)cc2OC(=O)CC)c1. The van der Waals surface area contributed by atoms with E-state index in [0.717, 1.165) is 0 Å². The molecule has 0 fully saturated rings. The van der Waals surface area contributed by atoms with Crippen LogP contribution in [0.15, 0.2) is 30.3 Å². The molecule has 0 unspecified atom stereocenters. The van der Waals surface area contributed by atoms with Gasteiger partial charge in [-0.3, -0.25) is 24.0 Å². The Labute approximate surface area is 214 Å². The molecule has 0 aliphatic heterocycles. The summed E-state index contributed by atoms with van der Waals surface area (Å²) in [7, 11) is 0. The molecule has 2 aromatic carbocycles. The molecule has 0 N–H and O–H groups in total. The molecule has 2 aromatic rings. The van der Waals surface area contributed by atoms with Crippen LogP contribution in [0.4, 0.5) is 0 Å². The molecule has 0 amide bonds. The Bertz CT molecular complexity index is 1110. The average Bonchev–Trinajstić information content (AvgIpc) is 2.87. The Hall–Kier alpha value is -4.21. The molecule has 198 valence electrons. The van der Waals surface area contributed by atoms with Crippen LogP contribution in [-0.2, 0) is 24.0 Å². The lowest BCUT2D eigenvalue weighted by molar-refractivity contribution is -0.135. The number of ether oxygens (including phenoxy) is 5. The molecule has 0 atom stereocenters. The summed E-state index contributed by atoms with van der Waals surface area (Å²) in [5, 5.41) is 0. The van der Waals surface area contributed by atoms with Gasteiger partial charge >= 0.3 is 29.8 Å². The first-order chi connectivity index (χ1) is 17.6. The van der Waals surface area contributed by atoms with Crippen molar-refractivity contribution in [1.29, 1.82) is 0 Å². The average molecular weight is 515 g/mol. The Morgan fingerprint density at radius 1 is 0.459 bits per heavy atom. The number of hydrogen-bond donors (Lipinski definition) is 0. The van der Waals surface area contributed by atoms with Crippen molar-refractivity contribution in [3.8, 4) is 39.9 Å². The van der Waals surface area contributed by atoms with Crippen LogP contribution in [0.5, 0.6) is 28.7 Å². The van der Waals surface area contributed by atoms with Crippen molar-refractivity contribution < 1.29 is 47.7 Å². The van der Waals surface area contributed by atoms with Gasteiger partial charge in [0, 0.05) is 50.3 Å². The van der Waals surface area contributed by atoms with Crippen LogP contribution in [0.1, 0.15) is 66.7 Å². The van der Waals surface area contributed by atoms with Crippen molar-refractivity contribution in [1.82, 2.24) is 0 Å². The fourth-order valence-corrected chi connectivity index (χ4v) is 2.90. The minimum absolute atomic E-state index is 0.0143. The van der Waals surface area contributed by atoms with Crippen molar-refractivity contribution in [3.63, 3.8) is 0 Å². The van der Waals surface area contributed by atoms with E-state index in [2.05, 4.69) is 0 Å². The number of carbonyl (C=O) groups is 5. The Kier molecular flexibility index (Phi) is 10.8. The number of esters is 5. The monoisotopic (exact) mass is 514 g/mol. The van der Waals surface area contributed by atoms with E-state index < -0.39 is 29.8 Å². The second-order valence-corrected chi connectivity index (χ2v) is 7.63. The van der Waals surface area contributed by atoms with Crippen molar-refractivity contribution in [2.45, 2.75) is 66.7 Å². The fourth-order valence-electron chi connectivity index (χ4n) is 2.90.